The summed E-state index contributed by atoms with van der Waals surface area (Å²) in [4.78, 5) is 1.98. The van der Waals surface area contributed by atoms with Crippen LogP contribution < -0.4 is 4.74 Å². The number of para-hydroxylation sites is 1. The fourth-order valence-electron chi connectivity index (χ4n) is 3.10. The highest BCUT2D eigenvalue weighted by Crippen LogP contribution is 2.25. The van der Waals surface area contributed by atoms with E-state index in [1.165, 1.54) is 6.07 Å². The molecular formula is C19H21ClFNO3. The lowest BCUT2D eigenvalue weighted by Crippen LogP contribution is -2.45. The average Bonchev–Trinajstić information content (AvgIpc) is 2.55. The molecule has 134 valence electrons. The van der Waals surface area contributed by atoms with Crippen molar-refractivity contribution in [3.63, 3.8) is 0 Å². The van der Waals surface area contributed by atoms with Gasteiger partial charge in [-0.2, -0.15) is 0 Å². The van der Waals surface area contributed by atoms with Gasteiger partial charge in [-0.15, -0.1) is 0 Å². The van der Waals surface area contributed by atoms with Gasteiger partial charge in [0.2, 0.25) is 0 Å². The number of halogens is 2. The van der Waals surface area contributed by atoms with Crippen LogP contribution in [0.5, 0.6) is 5.75 Å². The van der Waals surface area contributed by atoms with E-state index < -0.39 is 18.0 Å². The van der Waals surface area contributed by atoms with Crippen molar-refractivity contribution in [1.29, 1.82) is 0 Å². The molecule has 1 fully saturated rings. The molecule has 3 rings (SSSR count). The normalized spacial score (nSPS) is 21.3. The van der Waals surface area contributed by atoms with E-state index in [2.05, 4.69) is 0 Å². The summed E-state index contributed by atoms with van der Waals surface area (Å²) in [6.07, 6.45) is -0.663. The molecule has 1 aliphatic rings. The average molecular weight is 366 g/mol. The van der Waals surface area contributed by atoms with Gasteiger partial charge in [0.05, 0.1) is 17.2 Å². The molecule has 1 heterocycles. The van der Waals surface area contributed by atoms with Crippen LogP contribution in [0.1, 0.15) is 17.5 Å². The van der Waals surface area contributed by atoms with Crippen molar-refractivity contribution in [3.05, 3.63) is 64.4 Å². The van der Waals surface area contributed by atoms with Gasteiger partial charge in [0, 0.05) is 37.2 Å². The van der Waals surface area contributed by atoms with Crippen LogP contribution in [-0.4, -0.2) is 40.4 Å². The van der Waals surface area contributed by atoms with Crippen LogP contribution in [0.3, 0.4) is 0 Å². The lowest BCUT2D eigenvalue weighted by molar-refractivity contribution is -0.0113. The number of β-amino-alcohol motifs (C(OH)–C–C–N with tert-alkyl or cyclic N) is 2. The summed E-state index contributed by atoms with van der Waals surface area (Å²) in [5.74, 6) is 0.239. The minimum atomic E-state index is -0.533. The Bertz CT molecular complexity index is 697. The number of nitrogens with zero attached hydrogens (tertiary/aromatic N) is 1. The summed E-state index contributed by atoms with van der Waals surface area (Å²) in [5.41, 5.74) is 1.24. The fraction of sp³-hybridized carbons (Fsp3) is 0.368. The summed E-state index contributed by atoms with van der Waals surface area (Å²) < 4.78 is 19.7. The van der Waals surface area contributed by atoms with Crippen molar-refractivity contribution in [2.75, 3.05) is 13.1 Å². The Morgan fingerprint density at radius 1 is 1.08 bits per heavy atom. The molecule has 2 aromatic rings. The van der Waals surface area contributed by atoms with E-state index in [1.54, 1.807) is 12.1 Å². The Hall–Kier alpha value is -1.66. The zero-order chi connectivity index (χ0) is 17.8. The highest BCUT2D eigenvalue weighted by Gasteiger charge is 2.25. The van der Waals surface area contributed by atoms with Gasteiger partial charge in [-0.05, 0) is 18.2 Å². The van der Waals surface area contributed by atoms with Gasteiger partial charge in [-0.3, -0.25) is 4.90 Å². The Morgan fingerprint density at radius 2 is 1.80 bits per heavy atom. The lowest BCUT2D eigenvalue weighted by Gasteiger charge is -2.33. The molecule has 4 nitrogen and oxygen atoms in total. The number of piperidine rings is 1. The van der Waals surface area contributed by atoms with Gasteiger partial charge in [-0.1, -0.05) is 35.9 Å². The van der Waals surface area contributed by atoms with Crippen LogP contribution in [-0.2, 0) is 13.2 Å². The number of aliphatic hydroxyl groups excluding tert-OH is 2. The van der Waals surface area contributed by atoms with Crippen LogP contribution in [0.2, 0.25) is 5.02 Å². The lowest BCUT2D eigenvalue weighted by atomic mass is 10.0. The molecule has 2 atom stereocenters. The molecular weight excluding hydrogens is 345 g/mol. The topological polar surface area (TPSA) is 52.9 Å². The number of hydrogen-bond donors (Lipinski definition) is 2. The first-order valence-corrected chi connectivity index (χ1v) is 8.63. The van der Waals surface area contributed by atoms with E-state index in [9.17, 15) is 14.6 Å². The third kappa shape index (κ3) is 4.70. The number of rotatable bonds is 5. The van der Waals surface area contributed by atoms with E-state index in [4.69, 9.17) is 16.3 Å². The number of likely N-dealkylation sites (tertiary alicyclic amines) is 1. The molecule has 0 aromatic heterocycles. The number of aliphatic hydroxyl groups is 2. The zero-order valence-electron chi connectivity index (χ0n) is 13.7. The Kier molecular flexibility index (Phi) is 5.91. The maximum atomic E-state index is 13.9. The SMILES string of the molecule is O[C@@H]1C[C@@H](O)CN(Cc2ccccc2OCc2c(F)cccc2Cl)C1. The third-order valence-electron chi connectivity index (χ3n) is 4.28. The molecule has 25 heavy (non-hydrogen) atoms. The van der Waals surface area contributed by atoms with E-state index in [-0.39, 0.29) is 6.61 Å². The van der Waals surface area contributed by atoms with Gasteiger partial charge in [0.1, 0.15) is 18.2 Å². The maximum Gasteiger partial charge on any atom is 0.131 e. The molecule has 0 amide bonds. The van der Waals surface area contributed by atoms with Crippen molar-refractivity contribution in [3.8, 4) is 5.75 Å². The fourth-order valence-corrected chi connectivity index (χ4v) is 3.32. The standard InChI is InChI=1S/C19H21ClFNO3/c20-17-5-3-6-18(21)16(17)12-25-19-7-2-1-4-13(19)9-22-10-14(23)8-15(24)11-22/h1-7,14-15,23-24H,8-12H2/t14-,15-/m1/s1. The molecule has 2 aromatic carbocycles. The summed E-state index contributed by atoms with van der Waals surface area (Å²) in [6, 6.07) is 12.0. The zero-order valence-corrected chi connectivity index (χ0v) is 14.5. The first-order chi connectivity index (χ1) is 12.0. The van der Waals surface area contributed by atoms with E-state index in [0.717, 1.165) is 5.56 Å². The van der Waals surface area contributed by atoms with Gasteiger partial charge in [0.25, 0.3) is 0 Å². The van der Waals surface area contributed by atoms with Crippen molar-refractivity contribution < 1.29 is 19.3 Å². The summed E-state index contributed by atoms with van der Waals surface area (Å²) >= 11 is 6.04. The largest absolute Gasteiger partial charge is 0.488 e. The van der Waals surface area contributed by atoms with Crippen LogP contribution in [0.15, 0.2) is 42.5 Å². The highest BCUT2D eigenvalue weighted by atomic mass is 35.5. The first kappa shape index (κ1) is 18.1. The molecule has 0 aliphatic carbocycles. The van der Waals surface area contributed by atoms with Crippen molar-refractivity contribution >= 4 is 11.6 Å². The second kappa shape index (κ2) is 8.15. The summed E-state index contributed by atoms with van der Waals surface area (Å²) in [7, 11) is 0. The predicted octanol–water partition coefficient (Wildman–Crippen LogP) is 2.99. The van der Waals surface area contributed by atoms with Crippen LogP contribution in [0.25, 0.3) is 0 Å². The van der Waals surface area contributed by atoms with Gasteiger partial charge < -0.3 is 14.9 Å². The molecule has 1 aliphatic heterocycles. The first-order valence-electron chi connectivity index (χ1n) is 8.25. The molecule has 0 unspecified atom stereocenters. The molecule has 1 saturated heterocycles. The van der Waals surface area contributed by atoms with E-state index >= 15 is 0 Å². The predicted molar refractivity (Wildman–Crippen MR) is 94.1 cm³/mol. The maximum absolute atomic E-state index is 13.9. The molecule has 0 radical (unpaired) electrons. The highest BCUT2D eigenvalue weighted by molar-refractivity contribution is 6.31. The second-order valence-electron chi connectivity index (χ2n) is 6.33. The molecule has 6 heteroatoms. The second-order valence-corrected chi connectivity index (χ2v) is 6.74. The van der Waals surface area contributed by atoms with Gasteiger partial charge >= 0.3 is 0 Å². The summed E-state index contributed by atoms with van der Waals surface area (Å²) in [6.45, 7) is 1.58. The van der Waals surface area contributed by atoms with Gasteiger partial charge in [0.15, 0.2) is 0 Å². The molecule has 0 saturated carbocycles. The number of hydrogen-bond acceptors (Lipinski definition) is 4. The molecule has 0 spiro atoms. The smallest absolute Gasteiger partial charge is 0.131 e. The Balaban J connectivity index is 1.71. The van der Waals surface area contributed by atoms with E-state index in [1.807, 2.05) is 29.2 Å². The number of ether oxygens (including phenoxy) is 1. The minimum Gasteiger partial charge on any atom is -0.488 e. The van der Waals surface area contributed by atoms with E-state index in [0.29, 0.717) is 42.4 Å². The minimum absolute atomic E-state index is 0.0355. The monoisotopic (exact) mass is 365 g/mol. The quantitative estimate of drug-likeness (QED) is 0.855. The Labute approximate surface area is 151 Å². The molecule has 2 N–H and O–H groups in total. The van der Waals surface area contributed by atoms with Crippen LogP contribution in [0, 0.1) is 5.82 Å². The van der Waals surface area contributed by atoms with Crippen LogP contribution >= 0.6 is 11.6 Å². The van der Waals surface area contributed by atoms with Crippen molar-refractivity contribution in [2.24, 2.45) is 0 Å². The van der Waals surface area contributed by atoms with Crippen molar-refractivity contribution in [1.82, 2.24) is 4.90 Å². The molecule has 0 bridgehead atoms. The third-order valence-corrected chi connectivity index (χ3v) is 4.64. The summed E-state index contributed by atoms with van der Waals surface area (Å²) in [5, 5.41) is 20.0. The number of benzene rings is 2. The van der Waals surface area contributed by atoms with Crippen LogP contribution in [0.4, 0.5) is 4.39 Å². The van der Waals surface area contributed by atoms with Crippen molar-refractivity contribution in [2.45, 2.75) is 31.8 Å². The Morgan fingerprint density at radius 3 is 2.52 bits per heavy atom. The van der Waals surface area contributed by atoms with Gasteiger partial charge in [-0.25, -0.2) is 4.39 Å².